The lowest BCUT2D eigenvalue weighted by Crippen LogP contribution is -2.50. The van der Waals surface area contributed by atoms with E-state index in [4.69, 9.17) is 0 Å². The molecule has 33 heavy (non-hydrogen) atoms. The number of ketones is 1. The molecule has 1 N–H and O–H groups in total. The second kappa shape index (κ2) is 9.74. The van der Waals surface area contributed by atoms with Gasteiger partial charge < -0.3 is 4.90 Å². The van der Waals surface area contributed by atoms with Crippen LogP contribution >= 0.6 is 0 Å². The van der Waals surface area contributed by atoms with Crippen molar-refractivity contribution in [3.63, 3.8) is 0 Å². The van der Waals surface area contributed by atoms with Gasteiger partial charge in [-0.15, -0.1) is 0 Å². The monoisotopic (exact) mass is 446 g/mol. The van der Waals surface area contributed by atoms with Crippen LogP contribution in [0.2, 0.25) is 0 Å². The summed E-state index contributed by atoms with van der Waals surface area (Å²) in [5.74, 6) is -0.399. The number of hydrogen-bond acceptors (Lipinski definition) is 6. The topological polar surface area (TPSA) is 100 Å². The van der Waals surface area contributed by atoms with E-state index in [1.54, 1.807) is 39.9 Å². The zero-order valence-corrected chi connectivity index (χ0v) is 18.7. The van der Waals surface area contributed by atoms with Gasteiger partial charge >= 0.3 is 0 Å². The molecule has 3 aromatic rings. The molecule has 0 atom stereocenters. The van der Waals surface area contributed by atoms with Gasteiger partial charge in [-0.25, -0.2) is 4.98 Å². The predicted octanol–water partition coefficient (Wildman–Crippen LogP) is 1.92. The predicted molar refractivity (Wildman–Crippen MR) is 123 cm³/mol. The highest BCUT2D eigenvalue weighted by Gasteiger charge is 2.25. The quantitative estimate of drug-likeness (QED) is 0.581. The molecule has 0 saturated carbocycles. The van der Waals surface area contributed by atoms with Crippen molar-refractivity contribution >= 4 is 17.6 Å². The molecule has 2 aromatic heterocycles. The number of carbonyl (C=O) groups is 3. The second-order valence-electron chi connectivity index (χ2n) is 8.01. The highest BCUT2D eigenvalue weighted by atomic mass is 16.2. The smallest absolute Gasteiger partial charge is 0.274 e. The van der Waals surface area contributed by atoms with Gasteiger partial charge in [0.15, 0.2) is 5.78 Å². The molecule has 1 aliphatic heterocycles. The van der Waals surface area contributed by atoms with Crippen LogP contribution in [0.1, 0.15) is 42.6 Å². The molecule has 0 spiro atoms. The minimum absolute atomic E-state index is 0.0167. The molecule has 170 valence electrons. The van der Waals surface area contributed by atoms with Crippen molar-refractivity contribution < 1.29 is 14.4 Å². The number of benzene rings is 1. The Hall–Kier alpha value is -3.85. The summed E-state index contributed by atoms with van der Waals surface area (Å²) in [6.07, 6.45) is 4.50. The van der Waals surface area contributed by atoms with Crippen LogP contribution in [-0.4, -0.2) is 74.8 Å². The van der Waals surface area contributed by atoms with Crippen LogP contribution in [0.3, 0.4) is 0 Å². The normalized spacial score (nSPS) is 14.2. The van der Waals surface area contributed by atoms with E-state index in [1.165, 1.54) is 18.6 Å². The summed E-state index contributed by atoms with van der Waals surface area (Å²) in [7, 11) is 0. The Bertz CT molecular complexity index is 1150. The number of rotatable bonds is 6. The van der Waals surface area contributed by atoms with Crippen LogP contribution in [0.4, 0.5) is 0 Å². The van der Waals surface area contributed by atoms with Crippen molar-refractivity contribution in [2.24, 2.45) is 0 Å². The number of aromatic nitrogens is 3. The Morgan fingerprint density at radius 2 is 1.73 bits per heavy atom. The maximum atomic E-state index is 13.0. The Morgan fingerprint density at radius 1 is 1.00 bits per heavy atom. The standard InChI is InChI=1S/C24H26N6O3/c1-17-14-20(18(2)30(17)27-23(32)19-6-4-3-5-7-19)22(31)16-28-10-12-29(13-11-28)24(33)21-15-25-8-9-26-21/h3-9,14-15H,10-13,16H2,1-2H3,(H,27,32). The Morgan fingerprint density at radius 3 is 2.39 bits per heavy atom. The van der Waals surface area contributed by atoms with Gasteiger partial charge in [-0.05, 0) is 32.0 Å². The first-order valence-electron chi connectivity index (χ1n) is 10.8. The van der Waals surface area contributed by atoms with Crippen LogP contribution in [0.25, 0.3) is 0 Å². The van der Waals surface area contributed by atoms with Crippen molar-refractivity contribution in [3.8, 4) is 0 Å². The number of nitrogens with zero attached hydrogens (tertiary/aromatic N) is 5. The van der Waals surface area contributed by atoms with Crippen molar-refractivity contribution in [3.05, 3.63) is 83.2 Å². The summed E-state index contributed by atoms with van der Waals surface area (Å²) in [6, 6.07) is 10.7. The first kappa shape index (κ1) is 22.3. The van der Waals surface area contributed by atoms with Crippen LogP contribution in [0.5, 0.6) is 0 Å². The Labute approximate surface area is 192 Å². The summed E-state index contributed by atoms with van der Waals surface area (Å²) in [5, 5.41) is 0. The van der Waals surface area contributed by atoms with E-state index in [0.717, 1.165) is 5.69 Å². The first-order chi connectivity index (χ1) is 15.9. The van der Waals surface area contributed by atoms with Gasteiger partial charge in [0.2, 0.25) is 0 Å². The minimum Gasteiger partial charge on any atom is -0.335 e. The lowest BCUT2D eigenvalue weighted by Gasteiger charge is -2.34. The zero-order valence-electron chi connectivity index (χ0n) is 18.7. The van der Waals surface area contributed by atoms with Crippen molar-refractivity contribution in [2.75, 3.05) is 38.1 Å². The summed E-state index contributed by atoms with van der Waals surface area (Å²) >= 11 is 0. The average Bonchev–Trinajstić information content (AvgIpc) is 3.13. The summed E-state index contributed by atoms with van der Waals surface area (Å²) < 4.78 is 1.65. The van der Waals surface area contributed by atoms with Gasteiger partial charge in [-0.2, -0.15) is 0 Å². The van der Waals surface area contributed by atoms with Gasteiger partial charge in [0, 0.05) is 61.1 Å². The summed E-state index contributed by atoms with van der Waals surface area (Å²) in [4.78, 5) is 49.9. The highest BCUT2D eigenvalue weighted by Crippen LogP contribution is 2.16. The molecule has 4 rings (SSSR count). The highest BCUT2D eigenvalue weighted by molar-refractivity contribution is 6.01. The van der Waals surface area contributed by atoms with E-state index in [2.05, 4.69) is 15.4 Å². The Balaban J connectivity index is 1.36. The number of hydrogen-bond donors (Lipinski definition) is 1. The van der Waals surface area contributed by atoms with E-state index in [-0.39, 0.29) is 24.1 Å². The van der Waals surface area contributed by atoms with Crippen LogP contribution in [-0.2, 0) is 0 Å². The van der Waals surface area contributed by atoms with Crippen molar-refractivity contribution in [2.45, 2.75) is 13.8 Å². The van der Waals surface area contributed by atoms with Gasteiger partial charge in [-0.3, -0.25) is 34.4 Å². The third kappa shape index (κ3) is 4.98. The maximum Gasteiger partial charge on any atom is 0.274 e. The number of nitrogens with one attached hydrogen (secondary N) is 1. The molecule has 9 heteroatoms. The maximum absolute atomic E-state index is 13.0. The molecule has 0 aliphatic carbocycles. The fourth-order valence-electron chi connectivity index (χ4n) is 3.94. The van der Waals surface area contributed by atoms with E-state index >= 15 is 0 Å². The number of piperazine rings is 1. The van der Waals surface area contributed by atoms with Crippen LogP contribution in [0.15, 0.2) is 55.0 Å². The van der Waals surface area contributed by atoms with Gasteiger partial charge in [-0.1, -0.05) is 18.2 Å². The number of carbonyl (C=O) groups excluding carboxylic acids is 3. The second-order valence-corrected chi connectivity index (χ2v) is 8.01. The van der Waals surface area contributed by atoms with Crippen molar-refractivity contribution in [1.29, 1.82) is 0 Å². The molecular formula is C24H26N6O3. The van der Waals surface area contributed by atoms with Gasteiger partial charge in [0.05, 0.1) is 12.7 Å². The molecule has 1 aliphatic rings. The molecule has 0 unspecified atom stereocenters. The third-order valence-electron chi connectivity index (χ3n) is 5.79. The molecule has 3 heterocycles. The summed E-state index contributed by atoms with van der Waals surface area (Å²) in [5.41, 5.74) is 5.79. The number of Topliss-reactive ketones (excluding diaryl/α,β-unsaturated/α-hetero) is 1. The van der Waals surface area contributed by atoms with E-state index in [1.807, 2.05) is 24.8 Å². The number of amides is 2. The van der Waals surface area contributed by atoms with E-state index in [0.29, 0.717) is 48.7 Å². The molecule has 1 aromatic carbocycles. The minimum atomic E-state index is -0.236. The largest absolute Gasteiger partial charge is 0.335 e. The third-order valence-corrected chi connectivity index (χ3v) is 5.79. The van der Waals surface area contributed by atoms with E-state index < -0.39 is 0 Å². The number of aryl methyl sites for hydroxylation is 1. The molecule has 9 nitrogen and oxygen atoms in total. The van der Waals surface area contributed by atoms with Crippen LogP contribution in [0, 0.1) is 13.8 Å². The molecule has 0 radical (unpaired) electrons. The SMILES string of the molecule is Cc1cc(C(=O)CN2CCN(C(=O)c3cnccn3)CC2)c(C)n1NC(=O)c1ccccc1. The fraction of sp³-hybridized carbons (Fsp3) is 0.292. The molecule has 1 saturated heterocycles. The average molecular weight is 447 g/mol. The fourth-order valence-corrected chi connectivity index (χ4v) is 3.94. The van der Waals surface area contributed by atoms with Crippen LogP contribution < -0.4 is 5.43 Å². The molecule has 0 bridgehead atoms. The molecule has 1 fully saturated rings. The Kier molecular flexibility index (Phi) is 6.60. The van der Waals surface area contributed by atoms with Gasteiger partial charge in [0.25, 0.3) is 11.8 Å². The van der Waals surface area contributed by atoms with E-state index in [9.17, 15) is 14.4 Å². The first-order valence-corrected chi connectivity index (χ1v) is 10.8. The lowest BCUT2D eigenvalue weighted by molar-refractivity contribution is 0.0618. The molecule has 2 amide bonds. The molecular weight excluding hydrogens is 420 g/mol. The summed E-state index contributed by atoms with van der Waals surface area (Å²) in [6.45, 7) is 6.17. The zero-order chi connectivity index (χ0) is 23.4. The lowest BCUT2D eigenvalue weighted by atomic mass is 10.1. The van der Waals surface area contributed by atoms with Gasteiger partial charge in [0.1, 0.15) is 5.69 Å². The van der Waals surface area contributed by atoms with Crippen molar-refractivity contribution in [1.82, 2.24) is 24.4 Å².